The number of rotatable bonds is 3. The van der Waals surface area contributed by atoms with Crippen LogP contribution in [0.3, 0.4) is 0 Å². The summed E-state index contributed by atoms with van der Waals surface area (Å²) in [6.45, 7) is 16.6. The molecule has 3 aliphatic heterocycles. The molecule has 1 aromatic rings. The highest BCUT2D eigenvalue weighted by atomic mass is 28.4. The number of aromatic nitrogens is 2. The Kier molecular flexibility index (Phi) is 4.82. The molecule has 0 radical (unpaired) electrons. The van der Waals surface area contributed by atoms with E-state index in [9.17, 15) is 9.59 Å². The second kappa shape index (κ2) is 6.60. The molecule has 1 N–H and O–H groups in total. The molecular formula is C20H32N2O7Si. The van der Waals surface area contributed by atoms with Crippen LogP contribution in [0.5, 0.6) is 0 Å². The molecule has 0 unspecified atom stereocenters. The van der Waals surface area contributed by atoms with Gasteiger partial charge in [0.2, 0.25) is 0 Å². The third-order valence-electron chi connectivity index (χ3n) is 6.63. The molecule has 10 heteroatoms. The molecular weight excluding hydrogens is 408 g/mol. The molecule has 4 heterocycles. The Hall–Kier alpha value is -1.30. The number of ether oxygens (including phenoxy) is 4. The van der Waals surface area contributed by atoms with E-state index < -0.39 is 55.7 Å². The summed E-state index contributed by atoms with van der Waals surface area (Å²) < 4.78 is 32.6. The van der Waals surface area contributed by atoms with Gasteiger partial charge in [-0.05, 0) is 38.9 Å². The predicted molar refractivity (Wildman–Crippen MR) is 111 cm³/mol. The molecule has 0 aromatic carbocycles. The van der Waals surface area contributed by atoms with Crippen molar-refractivity contribution >= 4 is 8.32 Å². The van der Waals surface area contributed by atoms with Crippen molar-refractivity contribution in [3.8, 4) is 0 Å². The van der Waals surface area contributed by atoms with Gasteiger partial charge in [0.1, 0.15) is 18.3 Å². The van der Waals surface area contributed by atoms with Gasteiger partial charge in [0, 0.05) is 6.07 Å². The van der Waals surface area contributed by atoms with Crippen LogP contribution in [0.15, 0.2) is 15.7 Å². The average Bonchev–Trinajstić information content (AvgIpc) is 3.14. The van der Waals surface area contributed by atoms with Gasteiger partial charge in [0.15, 0.2) is 20.2 Å². The van der Waals surface area contributed by atoms with Crippen molar-refractivity contribution in [1.29, 1.82) is 0 Å². The van der Waals surface area contributed by atoms with E-state index in [-0.39, 0.29) is 5.04 Å². The summed E-state index contributed by atoms with van der Waals surface area (Å²) in [5.41, 5.74) is -0.628. The molecule has 0 aliphatic carbocycles. The molecule has 168 valence electrons. The molecule has 0 amide bonds. The summed E-state index contributed by atoms with van der Waals surface area (Å²) >= 11 is 0. The van der Waals surface area contributed by atoms with Gasteiger partial charge in [-0.3, -0.25) is 9.78 Å². The van der Waals surface area contributed by atoms with Gasteiger partial charge in [-0.2, -0.15) is 0 Å². The topological polar surface area (TPSA) is 101 Å². The maximum absolute atomic E-state index is 12.8. The lowest BCUT2D eigenvalue weighted by atomic mass is 10.1. The van der Waals surface area contributed by atoms with Gasteiger partial charge in [-0.25, -0.2) is 9.36 Å². The van der Waals surface area contributed by atoms with Crippen LogP contribution in [0.2, 0.25) is 18.1 Å². The maximum atomic E-state index is 12.8. The minimum Gasteiger partial charge on any atom is -0.414 e. The van der Waals surface area contributed by atoms with Crippen molar-refractivity contribution in [3.05, 3.63) is 32.6 Å². The van der Waals surface area contributed by atoms with Gasteiger partial charge in [0.05, 0.1) is 12.3 Å². The summed E-state index contributed by atoms with van der Waals surface area (Å²) in [7, 11) is -2.04. The Balaban J connectivity index is 1.72. The van der Waals surface area contributed by atoms with E-state index in [1.54, 1.807) is 6.92 Å². The second-order valence-electron chi connectivity index (χ2n) is 10.3. The normalized spacial score (nSPS) is 35.1. The van der Waals surface area contributed by atoms with Crippen molar-refractivity contribution in [3.63, 3.8) is 0 Å². The fourth-order valence-corrected chi connectivity index (χ4v) is 5.12. The molecule has 5 atom stereocenters. The summed E-state index contributed by atoms with van der Waals surface area (Å²) in [5, 5.41) is 0.0381. The highest BCUT2D eigenvalue weighted by Gasteiger charge is 2.68. The van der Waals surface area contributed by atoms with Crippen LogP contribution in [0.1, 0.15) is 53.3 Å². The van der Waals surface area contributed by atoms with Crippen molar-refractivity contribution in [1.82, 2.24) is 9.55 Å². The Bertz CT molecular complexity index is 963. The van der Waals surface area contributed by atoms with Crippen molar-refractivity contribution in [2.45, 2.75) is 95.8 Å². The minimum atomic E-state index is -2.04. The summed E-state index contributed by atoms with van der Waals surface area (Å²) in [6.07, 6.45) is -2.19. The summed E-state index contributed by atoms with van der Waals surface area (Å²) in [4.78, 5) is 26.9. The highest BCUT2D eigenvalue weighted by Crippen LogP contribution is 2.52. The number of aromatic amines is 1. The summed E-state index contributed by atoms with van der Waals surface area (Å²) in [5.74, 6) is -2.39. The largest absolute Gasteiger partial charge is 0.414 e. The molecule has 9 nitrogen and oxygen atoms in total. The quantitative estimate of drug-likeness (QED) is 0.719. The first kappa shape index (κ1) is 21.9. The lowest BCUT2D eigenvalue weighted by Crippen LogP contribution is -2.50. The smallest absolute Gasteiger partial charge is 0.332 e. The van der Waals surface area contributed by atoms with Crippen LogP contribution < -0.4 is 11.2 Å². The van der Waals surface area contributed by atoms with Gasteiger partial charge in [0.25, 0.3) is 11.5 Å². The molecule has 3 aliphatic rings. The summed E-state index contributed by atoms with van der Waals surface area (Å²) in [6, 6.07) is 1.36. The van der Waals surface area contributed by atoms with Crippen LogP contribution in [0.4, 0.5) is 0 Å². The van der Waals surface area contributed by atoms with Gasteiger partial charge < -0.3 is 23.4 Å². The van der Waals surface area contributed by atoms with Crippen LogP contribution in [0.25, 0.3) is 0 Å². The zero-order chi connectivity index (χ0) is 22.3. The first-order valence-electron chi connectivity index (χ1n) is 10.4. The number of nitrogens with zero attached hydrogens (tertiary/aromatic N) is 1. The van der Waals surface area contributed by atoms with Crippen LogP contribution >= 0.6 is 0 Å². The zero-order valence-electron chi connectivity index (χ0n) is 18.9. The standard InChI is InChI=1S/C20H32N2O7Si/c1-11-12-9-14(23)21-17(24)22(12)20(26-11)16-15(28-19(5,6)29-16)13(27-20)10-25-30(7,8)18(2,3)4/h9,11,13,15-16H,10H2,1-8H3,(H,21,23,24)/t11-,13+,15+,16+,20+/m1/s1. The molecule has 4 rings (SSSR count). The van der Waals surface area contributed by atoms with Crippen molar-refractivity contribution < 1.29 is 23.4 Å². The Morgan fingerprint density at radius 2 is 1.83 bits per heavy atom. The van der Waals surface area contributed by atoms with E-state index in [0.717, 1.165) is 0 Å². The molecule has 2 fully saturated rings. The Morgan fingerprint density at radius 1 is 1.17 bits per heavy atom. The third kappa shape index (κ3) is 3.25. The molecule has 1 spiro atoms. The van der Waals surface area contributed by atoms with E-state index in [1.807, 2.05) is 13.8 Å². The third-order valence-corrected chi connectivity index (χ3v) is 11.1. The fourth-order valence-electron chi connectivity index (χ4n) is 4.11. The van der Waals surface area contributed by atoms with E-state index in [4.69, 9.17) is 23.4 Å². The maximum Gasteiger partial charge on any atom is 0.332 e. The van der Waals surface area contributed by atoms with Crippen LogP contribution in [-0.4, -0.2) is 48.6 Å². The first-order valence-corrected chi connectivity index (χ1v) is 13.3. The fraction of sp³-hybridized carbons (Fsp3) is 0.800. The molecule has 2 saturated heterocycles. The number of nitrogens with one attached hydrogen (secondary N) is 1. The Labute approximate surface area is 176 Å². The molecule has 30 heavy (non-hydrogen) atoms. The van der Waals surface area contributed by atoms with E-state index in [2.05, 4.69) is 38.8 Å². The van der Waals surface area contributed by atoms with Crippen LogP contribution in [-0.2, 0) is 29.3 Å². The lowest BCUT2D eigenvalue weighted by Gasteiger charge is -2.37. The number of hydrogen-bond acceptors (Lipinski definition) is 7. The van der Waals surface area contributed by atoms with Crippen LogP contribution in [0, 0.1) is 0 Å². The number of H-pyrrole nitrogens is 1. The molecule has 0 bridgehead atoms. The van der Waals surface area contributed by atoms with E-state index in [0.29, 0.717) is 12.3 Å². The monoisotopic (exact) mass is 440 g/mol. The SMILES string of the molecule is C[C@H]1O[C@@]2(O[C@@H](CO[Si](C)(C)C(C)(C)C)[C@@H]3OC(C)(C)O[C@@H]32)n2c1cc(=O)[nH]c2=O. The predicted octanol–water partition coefficient (Wildman–Crippen LogP) is 2.18. The van der Waals surface area contributed by atoms with E-state index in [1.165, 1.54) is 10.6 Å². The van der Waals surface area contributed by atoms with E-state index >= 15 is 0 Å². The molecule has 0 saturated carbocycles. The van der Waals surface area contributed by atoms with Crippen molar-refractivity contribution in [2.75, 3.05) is 6.61 Å². The Morgan fingerprint density at radius 3 is 2.47 bits per heavy atom. The van der Waals surface area contributed by atoms with Gasteiger partial charge >= 0.3 is 5.69 Å². The number of hydrogen-bond donors (Lipinski definition) is 1. The minimum absolute atomic E-state index is 0.0381. The molecule has 1 aromatic heterocycles. The number of fused-ring (bicyclic) bond motifs is 4. The second-order valence-corrected chi connectivity index (χ2v) is 15.1. The highest BCUT2D eigenvalue weighted by molar-refractivity contribution is 6.74. The zero-order valence-corrected chi connectivity index (χ0v) is 19.9. The van der Waals surface area contributed by atoms with Crippen molar-refractivity contribution in [2.24, 2.45) is 0 Å². The first-order chi connectivity index (χ1) is 13.7. The van der Waals surface area contributed by atoms with Gasteiger partial charge in [-0.1, -0.05) is 20.8 Å². The average molecular weight is 441 g/mol. The van der Waals surface area contributed by atoms with Gasteiger partial charge in [-0.15, -0.1) is 0 Å². The lowest BCUT2D eigenvalue weighted by molar-refractivity contribution is -0.335.